The molecule has 2 nitrogen and oxygen atoms in total. The third kappa shape index (κ3) is 4.06. The Morgan fingerprint density at radius 3 is 2.65 bits per heavy atom. The smallest absolute Gasteiger partial charge is 0.387 e. The predicted molar refractivity (Wildman–Crippen MR) is 71.8 cm³/mol. The summed E-state index contributed by atoms with van der Waals surface area (Å²) in [6.07, 6.45) is 0. The molecule has 0 aliphatic rings. The first-order valence-corrected chi connectivity index (χ1v) is 6.15. The zero-order chi connectivity index (χ0) is 14.5. The second-order valence-corrected chi connectivity index (χ2v) is 4.43. The molecular weight excluding hydrogens is 291 g/mol. The number of anilines is 1. The number of rotatable bonds is 5. The van der Waals surface area contributed by atoms with Crippen LogP contribution in [-0.4, -0.2) is 6.61 Å². The number of benzene rings is 2. The highest BCUT2D eigenvalue weighted by Gasteiger charge is 2.06. The molecule has 0 bridgehead atoms. The van der Waals surface area contributed by atoms with Gasteiger partial charge in [0.1, 0.15) is 11.6 Å². The zero-order valence-corrected chi connectivity index (χ0v) is 11.0. The summed E-state index contributed by atoms with van der Waals surface area (Å²) in [6, 6.07) is 10.4. The van der Waals surface area contributed by atoms with Crippen LogP contribution < -0.4 is 10.1 Å². The van der Waals surface area contributed by atoms with Crippen LogP contribution >= 0.6 is 11.6 Å². The lowest BCUT2D eigenvalue weighted by Crippen LogP contribution is -2.04. The molecular formula is C14H11ClF3NO. The van der Waals surface area contributed by atoms with Crippen molar-refractivity contribution in [2.45, 2.75) is 13.2 Å². The molecule has 1 N–H and O–H groups in total. The van der Waals surface area contributed by atoms with E-state index in [0.29, 0.717) is 16.3 Å². The Kier molecular flexibility index (Phi) is 4.74. The van der Waals surface area contributed by atoms with Crippen LogP contribution in [-0.2, 0) is 6.54 Å². The van der Waals surface area contributed by atoms with Gasteiger partial charge >= 0.3 is 6.61 Å². The van der Waals surface area contributed by atoms with E-state index in [1.54, 1.807) is 24.3 Å². The molecule has 0 atom stereocenters. The van der Waals surface area contributed by atoms with Gasteiger partial charge < -0.3 is 10.1 Å². The molecule has 2 rings (SSSR count). The maximum absolute atomic E-state index is 13.6. The molecule has 20 heavy (non-hydrogen) atoms. The molecule has 2 aromatic rings. The average molecular weight is 302 g/mol. The molecule has 6 heteroatoms. The fraction of sp³-hybridized carbons (Fsp3) is 0.143. The maximum atomic E-state index is 13.6. The lowest BCUT2D eigenvalue weighted by molar-refractivity contribution is -0.0498. The van der Waals surface area contributed by atoms with Gasteiger partial charge in [0.05, 0.1) is 0 Å². The third-order valence-electron chi connectivity index (χ3n) is 2.56. The summed E-state index contributed by atoms with van der Waals surface area (Å²) in [6.45, 7) is -2.67. The highest BCUT2D eigenvalue weighted by Crippen LogP contribution is 2.21. The first-order chi connectivity index (χ1) is 9.54. The van der Waals surface area contributed by atoms with E-state index in [1.807, 2.05) is 0 Å². The summed E-state index contributed by atoms with van der Waals surface area (Å²) in [4.78, 5) is 0. The van der Waals surface area contributed by atoms with Crippen molar-refractivity contribution in [1.82, 2.24) is 0 Å². The molecule has 106 valence electrons. The van der Waals surface area contributed by atoms with Gasteiger partial charge in [-0.25, -0.2) is 4.39 Å². The van der Waals surface area contributed by atoms with Gasteiger partial charge in [0, 0.05) is 28.9 Å². The second-order valence-electron chi connectivity index (χ2n) is 4.00. The van der Waals surface area contributed by atoms with Crippen molar-refractivity contribution in [3.63, 3.8) is 0 Å². The van der Waals surface area contributed by atoms with Gasteiger partial charge in [-0.3, -0.25) is 0 Å². The number of nitrogens with one attached hydrogen (secondary N) is 1. The standard InChI is InChI=1S/C14H11ClF3NO/c15-10-5-4-9(13(16)6-10)8-19-11-2-1-3-12(7-11)20-14(17)18/h1-7,14,19H,8H2. The number of ether oxygens (including phenoxy) is 1. The largest absolute Gasteiger partial charge is 0.435 e. The molecule has 0 radical (unpaired) electrons. The van der Waals surface area contributed by atoms with Crippen LogP contribution in [0.2, 0.25) is 5.02 Å². The molecule has 0 aliphatic heterocycles. The van der Waals surface area contributed by atoms with Crippen LogP contribution in [0.5, 0.6) is 5.75 Å². The summed E-state index contributed by atoms with van der Waals surface area (Å²) < 4.78 is 42.0. The minimum Gasteiger partial charge on any atom is -0.435 e. The minimum atomic E-state index is -2.88. The monoisotopic (exact) mass is 301 g/mol. The first-order valence-electron chi connectivity index (χ1n) is 5.77. The second kappa shape index (κ2) is 6.52. The van der Waals surface area contributed by atoms with Crippen LogP contribution in [0.4, 0.5) is 18.9 Å². The summed E-state index contributed by atoms with van der Waals surface area (Å²) in [5.41, 5.74) is 0.979. The van der Waals surface area contributed by atoms with Crippen molar-refractivity contribution in [2.75, 3.05) is 5.32 Å². The van der Waals surface area contributed by atoms with Gasteiger partial charge in [0.25, 0.3) is 0 Å². The Balaban J connectivity index is 2.03. The Labute approximate surface area is 119 Å². The lowest BCUT2D eigenvalue weighted by Gasteiger charge is -2.10. The number of halogens is 4. The van der Waals surface area contributed by atoms with Crippen molar-refractivity contribution in [3.8, 4) is 5.75 Å². The van der Waals surface area contributed by atoms with E-state index in [4.69, 9.17) is 11.6 Å². The number of alkyl halides is 2. The predicted octanol–water partition coefficient (Wildman–Crippen LogP) is 4.69. The van der Waals surface area contributed by atoms with E-state index in [9.17, 15) is 13.2 Å². The molecule has 0 aliphatic carbocycles. The molecule has 0 amide bonds. The van der Waals surface area contributed by atoms with Crippen LogP contribution in [0.25, 0.3) is 0 Å². The Hall–Kier alpha value is -1.88. The van der Waals surface area contributed by atoms with Gasteiger partial charge in [0.2, 0.25) is 0 Å². The third-order valence-corrected chi connectivity index (χ3v) is 2.79. The van der Waals surface area contributed by atoms with Crippen molar-refractivity contribution in [3.05, 3.63) is 58.9 Å². The summed E-state index contributed by atoms with van der Waals surface area (Å²) >= 11 is 5.66. The van der Waals surface area contributed by atoms with E-state index < -0.39 is 12.4 Å². The molecule has 0 saturated carbocycles. The van der Waals surface area contributed by atoms with Gasteiger partial charge in [-0.2, -0.15) is 8.78 Å². The van der Waals surface area contributed by atoms with Gasteiger partial charge in [-0.15, -0.1) is 0 Å². The maximum Gasteiger partial charge on any atom is 0.387 e. The van der Waals surface area contributed by atoms with Crippen LogP contribution in [0.1, 0.15) is 5.56 Å². The normalized spacial score (nSPS) is 10.7. The van der Waals surface area contributed by atoms with E-state index in [-0.39, 0.29) is 12.3 Å². The SMILES string of the molecule is Fc1cc(Cl)ccc1CNc1cccc(OC(F)F)c1. The molecule has 0 unspecified atom stereocenters. The molecule has 0 heterocycles. The Bertz CT molecular complexity index is 592. The van der Waals surface area contributed by atoms with Gasteiger partial charge in [-0.05, 0) is 24.3 Å². The first kappa shape index (κ1) is 14.5. The molecule has 0 spiro atoms. The topological polar surface area (TPSA) is 21.3 Å². The summed E-state index contributed by atoms with van der Waals surface area (Å²) in [5, 5.41) is 3.25. The van der Waals surface area contributed by atoms with Crippen molar-refractivity contribution >= 4 is 17.3 Å². The van der Waals surface area contributed by atoms with Crippen molar-refractivity contribution in [2.24, 2.45) is 0 Å². The molecule has 0 saturated heterocycles. The molecule has 0 aromatic heterocycles. The quantitative estimate of drug-likeness (QED) is 0.865. The number of hydrogen-bond acceptors (Lipinski definition) is 2. The van der Waals surface area contributed by atoms with Gasteiger partial charge in [-0.1, -0.05) is 23.7 Å². The highest BCUT2D eigenvalue weighted by atomic mass is 35.5. The van der Waals surface area contributed by atoms with Crippen LogP contribution in [0.15, 0.2) is 42.5 Å². The lowest BCUT2D eigenvalue weighted by atomic mass is 10.2. The Morgan fingerprint density at radius 2 is 1.95 bits per heavy atom. The van der Waals surface area contributed by atoms with Crippen molar-refractivity contribution < 1.29 is 17.9 Å². The van der Waals surface area contributed by atoms with Crippen molar-refractivity contribution in [1.29, 1.82) is 0 Å². The minimum absolute atomic E-state index is 0.0431. The van der Waals surface area contributed by atoms with E-state index in [2.05, 4.69) is 10.1 Å². The van der Waals surface area contributed by atoms with Gasteiger partial charge in [0.15, 0.2) is 0 Å². The zero-order valence-electron chi connectivity index (χ0n) is 10.2. The summed E-state index contributed by atoms with van der Waals surface area (Å²) in [5.74, 6) is -0.383. The molecule has 0 fully saturated rings. The fourth-order valence-electron chi connectivity index (χ4n) is 1.64. The van der Waals surface area contributed by atoms with Crippen LogP contribution in [0.3, 0.4) is 0 Å². The fourth-order valence-corrected chi connectivity index (χ4v) is 1.80. The summed E-state index contributed by atoms with van der Waals surface area (Å²) in [7, 11) is 0. The van der Waals surface area contributed by atoms with E-state index in [0.717, 1.165) is 0 Å². The number of hydrogen-bond donors (Lipinski definition) is 1. The Morgan fingerprint density at radius 1 is 1.15 bits per heavy atom. The molecule has 2 aromatic carbocycles. The van der Waals surface area contributed by atoms with E-state index in [1.165, 1.54) is 18.2 Å². The highest BCUT2D eigenvalue weighted by molar-refractivity contribution is 6.30. The van der Waals surface area contributed by atoms with E-state index >= 15 is 0 Å². The van der Waals surface area contributed by atoms with Crippen LogP contribution in [0, 0.1) is 5.82 Å². The average Bonchev–Trinajstić information content (AvgIpc) is 2.37.